The van der Waals surface area contributed by atoms with E-state index < -0.39 is 12.2 Å². The van der Waals surface area contributed by atoms with Gasteiger partial charge in [0.15, 0.2) is 0 Å². The summed E-state index contributed by atoms with van der Waals surface area (Å²) < 4.78 is 5.16. The largest absolute Gasteiger partial charge is 0.442 e. The Hall–Kier alpha value is -1.03. The lowest BCUT2D eigenvalue weighted by Gasteiger charge is -2.21. The van der Waals surface area contributed by atoms with E-state index in [9.17, 15) is 9.90 Å². The van der Waals surface area contributed by atoms with E-state index in [0.717, 1.165) is 12.0 Å². The number of hydrogen-bond donors (Lipinski definition) is 1. The van der Waals surface area contributed by atoms with E-state index in [1.165, 1.54) is 4.90 Å². The summed E-state index contributed by atoms with van der Waals surface area (Å²) in [6, 6.07) is 0. The number of ether oxygens (including phenoxy) is 1. The van der Waals surface area contributed by atoms with Crippen LogP contribution in [0.5, 0.6) is 0 Å². The van der Waals surface area contributed by atoms with Crippen molar-refractivity contribution in [3.05, 3.63) is 12.2 Å². The molecule has 17 heavy (non-hydrogen) atoms. The van der Waals surface area contributed by atoms with Gasteiger partial charge in [-0.05, 0) is 31.3 Å². The average molecular weight is 243 g/mol. The summed E-state index contributed by atoms with van der Waals surface area (Å²) in [5, 5.41) is 9.77. The molecule has 0 aliphatic heterocycles. The second-order valence-electron chi connectivity index (χ2n) is 5.07. The Morgan fingerprint density at radius 1 is 1.35 bits per heavy atom. The predicted molar refractivity (Wildman–Crippen MR) is 68.8 cm³/mol. The highest BCUT2D eigenvalue weighted by molar-refractivity contribution is 5.67. The molecule has 2 atom stereocenters. The molecule has 0 unspecified atom stereocenters. The molecule has 0 heterocycles. The van der Waals surface area contributed by atoms with Gasteiger partial charge in [-0.3, -0.25) is 0 Å². The summed E-state index contributed by atoms with van der Waals surface area (Å²) in [4.78, 5) is 12.7. The maximum atomic E-state index is 11.3. The van der Waals surface area contributed by atoms with Crippen LogP contribution >= 0.6 is 0 Å². The summed E-state index contributed by atoms with van der Waals surface area (Å²) in [7, 11) is 3.26. The minimum atomic E-state index is -0.414. The molecule has 0 aliphatic rings. The van der Waals surface area contributed by atoms with Crippen molar-refractivity contribution < 1.29 is 14.6 Å². The first kappa shape index (κ1) is 16.0. The lowest BCUT2D eigenvalue weighted by atomic mass is 9.98. The van der Waals surface area contributed by atoms with Crippen LogP contribution in [0.3, 0.4) is 0 Å². The molecule has 0 spiro atoms. The second-order valence-corrected chi connectivity index (χ2v) is 5.07. The lowest BCUT2D eigenvalue weighted by molar-refractivity contribution is 0.0877. The van der Waals surface area contributed by atoms with Crippen LogP contribution in [0.1, 0.15) is 33.6 Å². The first-order valence-corrected chi connectivity index (χ1v) is 5.97. The van der Waals surface area contributed by atoms with Crippen molar-refractivity contribution in [3.63, 3.8) is 0 Å². The van der Waals surface area contributed by atoms with Crippen molar-refractivity contribution >= 4 is 6.09 Å². The van der Waals surface area contributed by atoms with Crippen LogP contribution in [-0.2, 0) is 4.74 Å². The fourth-order valence-electron chi connectivity index (χ4n) is 1.44. The van der Waals surface area contributed by atoms with E-state index in [2.05, 4.69) is 20.4 Å². The van der Waals surface area contributed by atoms with Gasteiger partial charge in [-0.25, -0.2) is 4.79 Å². The van der Waals surface area contributed by atoms with Crippen molar-refractivity contribution in [2.75, 3.05) is 14.1 Å². The van der Waals surface area contributed by atoms with Gasteiger partial charge in [-0.1, -0.05) is 20.4 Å². The van der Waals surface area contributed by atoms with Crippen LogP contribution in [0.25, 0.3) is 0 Å². The van der Waals surface area contributed by atoms with Crippen molar-refractivity contribution in [2.24, 2.45) is 5.92 Å². The molecular weight excluding hydrogens is 218 g/mol. The molecule has 0 bridgehead atoms. The second kappa shape index (κ2) is 7.33. The van der Waals surface area contributed by atoms with Gasteiger partial charge < -0.3 is 14.7 Å². The van der Waals surface area contributed by atoms with E-state index in [0.29, 0.717) is 12.3 Å². The summed E-state index contributed by atoms with van der Waals surface area (Å²) in [6.07, 6.45) is 0.0275. The molecule has 1 amide bonds. The number of aliphatic hydroxyl groups is 1. The third kappa shape index (κ3) is 7.00. The van der Waals surface area contributed by atoms with Gasteiger partial charge in [0.05, 0.1) is 6.10 Å². The predicted octanol–water partition coefficient (Wildman–Crippen LogP) is 2.43. The molecule has 0 saturated carbocycles. The third-order valence-electron chi connectivity index (χ3n) is 2.46. The normalized spacial score (nSPS) is 14.3. The van der Waals surface area contributed by atoms with Crippen LogP contribution < -0.4 is 0 Å². The SMILES string of the molecule is C=C(C[C@@H](O)CC(C)C)[C@@H](C)OC(=O)N(C)C. The summed E-state index contributed by atoms with van der Waals surface area (Å²) in [6.45, 7) is 9.74. The zero-order chi connectivity index (χ0) is 13.6. The molecule has 0 fully saturated rings. The number of carbonyl (C=O) groups excluding carboxylic acids is 1. The zero-order valence-electron chi connectivity index (χ0n) is 11.6. The highest BCUT2D eigenvalue weighted by Gasteiger charge is 2.17. The Kier molecular flexibility index (Phi) is 6.88. The highest BCUT2D eigenvalue weighted by Crippen LogP contribution is 2.16. The van der Waals surface area contributed by atoms with Crippen molar-refractivity contribution in [2.45, 2.75) is 45.8 Å². The van der Waals surface area contributed by atoms with Crippen LogP contribution in [-0.4, -0.2) is 42.4 Å². The minimum absolute atomic E-state index is 0.369. The van der Waals surface area contributed by atoms with Gasteiger partial charge >= 0.3 is 6.09 Å². The molecule has 0 aliphatic carbocycles. The van der Waals surface area contributed by atoms with Crippen LogP contribution in [0, 0.1) is 5.92 Å². The van der Waals surface area contributed by atoms with Crippen LogP contribution in [0.15, 0.2) is 12.2 Å². The Morgan fingerprint density at radius 3 is 2.29 bits per heavy atom. The van der Waals surface area contributed by atoms with Crippen LogP contribution in [0.2, 0.25) is 0 Å². The third-order valence-corrected chi connectivity index (χ3v) is 2.46. The van der Waals surface area contributed by atoms with Crippen LogP contribution in [0.4, 0.5) is 4.79 Å². The van der Waals surface area contributed by atoms with E-state index in [1.54, 1.807) is 21.0 Å². The van der Waals surface area contributed by atoms with E-state index in [-0.39, 0.29) is 6.10 Å². The van der Waals surface area contributed by atoms with Crippen molar-refractivity contribution in [1.82, 2.24) is 4.90 Å². The lowest BCUT2D eigenvalue weighted by Crippen LogP contribution is -2.28. The highest BCUT2D eigenvalue weighted by atomic mass is 16.6. The number of aliphatic hydroxyl groups excluding tert-OH is 1. The molecule has 0 aromatic rings. The number of rotatable bonds is 6. The van der Waals surface area contributed by atoms with Gasteiger partial charge in [-0.15, -0.1) is 0 Å². The van der Waals surface area contributed by atoms with E-state index >= 15 is 0 Å². The summed E-state index contributed by atoms with van der Waals surface area (Å²) in [5.74, 6) is 0.442. The minimum Gasteiger partial charge on any atom is -0.442 e. The fourth-order valence-corrected chi connectivity index (χ4v) is 1.44. The van der Waals surface area contributed by atoms with Gasteiger partial charge in [0, 0.05) is 14.1 Å². The van der Waals surface area contributed by atoms with Gasteiger partial charge in [0.1, 0.15) is 6.10 Å². The van der Waals surface area contributed by atoms with E-state index in [1.807, 2.05) is 0 Å². The topological polar surface area (TPSA) is 49.8 Å². The number of nitrogens with zero attached hydrogens (tertiary/aromatic N) is 1. The first-order valence-electron chi connectivity index (χ1n) is 5.97. The maximum Gasteiger partial charge on any atom is 0.409 e. The molecule has 4 nitrogen and oxygen atoms in total. The molecule has 1 N–H and O–H groups in total. The maximum absolute atomic E-state index is 11.3. The van der Waals surface area contributed by atoms with Gasteiger partial charge in [-0.2, -0.15) is 0 Å². The number of carbonyl (C=O) groups is 1. The number of amides is 1. The van der Waals surface area contributed by atoms with Crippen molar-refractivity contribution in [3.8, 4) is 0 Å². The molecular formula is C13H25NO3. The standard InChI is InChI=1S/C13H25NO3/c1-9(2)7-12(15)8-10(3)11(4)17-13(16)14(5)6/h9,11-12,15H,3,7-8H2,1-2,4-6H3/t11-,12+/m1/s1. The monoisotopic (exact) mass is 243 g/mol. The Morgan fingerprint density at radius 2 is 1.88 bits per heavy atom. The first-order chi connectivity index (χ1) is 7.73. The Bertz CT molecular complexity index is 261. The fraction of sp³-hybridized carbons (Fsp3) is 0.769. The smallest absolute Gasteiger partial charge is 0.409 e. The van der Waals surface area contributed by atoms with Gasteiger partial charge in [0.25, 0.3) is 0 Å². The molecule has 4 heteroatoms. The summed E-state index contributed by atoms with van der Waals surface area (Å²) >= 11 is 0. The molecule has 0 rings (SSSR count). The average Bonchev–Trinajstić information content (AvgIpc) is 2.15. The molecule has 100 valence electrons. The Balaban J connectivity index is 4.09. The quantitative estimate of drug-likeness (QED) is 0.729. The summed E-state index contributed by atoms with van der Waals surface area (Å²) in [5.41, 5.74) is 0.744. The van der Waals surface area contributed by atoms with Crippen molar-refractivity contribution in [1.29, 1.82) is 0 Å². The Labute approximate surface area is 104 Å². The molecule has 0 aromatic carbocycles. The molecule has 0 aromatic heterocycles. The van der Waals surface area contributed by atoms with E-state index in [4.69, 9.17) is 4.74 Å². The zero-order valence-corrected chi connectivity index (χ0v) is 11.6. The van der Waals surface area contributed by atoms with Gasteiger partial charge in [0.2, 0.25) is 0 Å². The number of hydrogen-bond acceptors (Lipinski definition) is 3. The molecule has 0 radical (unpaired) electrons. The molecule has 0 saturated heterocycles.